The van der Waals surface area contributed by atoms with E-state index in [-0.39, 0.29) is 11.5 Å². The third-order valence-corrected chi connectivity index (χ3v) is 6.55. The monoisotopic (exact) mass is 385 g/mol. The summed E-state index contributed by atoms with van der Waals surface area (Å²) in [5.41, 5.74) is 3.19. The van der Waals surface area contributed by atoms with Gasteiger partial charge in [-0.2, -0.15) is 0 Å². The number of imidazole rings is 1. The van der Waals surface area contributed by atoms with E-state index in [1.54, 1.807) is 0 Å². The Hall–Kier alpha value is -2.88. The molecule has 1 aliphatic carbocycles. The highest BCUT2D eigenvalue weighted by Gasteiger charge is 2.53. The van der Waals surface area contributed by atoms with E-state index in [0.29, 0.717) is 5.91 Å². The summed E-state index contributed by atoms with van der Waals surface area (Å²) in [5.74, 6) is 1.32. The van der Waals surface area contributed by atoms with Gasteiger partial charge in [0.1, 0.15) is 5.82 Å². The Morgan fingerprint density at radius 2 is 1.72 bits per heavy atom. The van der Waals surface area contributed by atoms with E-state index in [4.69, 9.17) is 4.98 Å². The molecule has 5 rings (SSSR count). The SMILES string of the molecule is Cc1cnc(-c2ccccc2)n1C1CCCN(C(=O)C2(c3ccccc3)CC2)C1. The molecule has 2 aliphatic rings. The zero-order chi connectivity index (χ0) is 19.8. The lowest BCUT2D eigenvalue weighted by Crippen LogP contribution is -2.45. The fourth-order valence-corrected chi connectivity index (χ4v) is 4.87. The molecule has 29 heavy (non-hydrogen) atoms. The van der Waals surface area contributed by atoms with Crippen LogP contribution in [0.25, 0.3) is 11.4 Å². The predicted molar refractivity (Wildman–Crippen MR) is 115 cm³/mol. The summed E-state index contributed by atoms with van der Waals surface area (Å²) in [7, 11) is 0. The zero-order valence-electron chi connectivity index (χ0n) is 16.9. The topological polar surface area (TPSA) is 38.1 Å². The normalized spacial score (nSPS) is 20.4. The average molecular weight is 386 g/mol. The standard InChI is InChI=1S/C25H27N3O/c1-19-17-26-23(20-9-4-2-5-10-20)28(19)22-13-8-16-27(18-22)24(29)25(14-15-25)21-11-6-3-7-12-21/h2-7,9-12,17,22H,8,13-16,18H2,1H3. The number of benzene rings is 2. The Morgan fingerprint density at radius 3 is 2.41 bits per heavy atom. The average Bonchev–Trinajstić information content (AvgIpc) is 3.51. The molecule has 0 radical (unpaired) electrons. The lowest BCUT2D eigenvalue weighted by atomic mass is 9.93. The van der Waals surface area contributed by atoms with Gasteiger partial charge in [-0.15, -0.1) is 0 Å². The molecule has 1 saturated carbocycles. The highest BCUT2D eigenvalue weighted by Crippen LogP contribution is 2.50. The summed E-state index contributed by atoms with van der Waals surface area (Å²) in [6.45, 7) is 3.75. The first kappa shape index (κ1) is 18.2. The van der Waals surface area contributed by atoms with Gasteiger partial charge in [0, 0.05) is 30.5 Å². The molecule has 0 spiro atoms. The van der Waals surface area contributed by atoms with Crippen LogP contribution in [-0.2, 0) is 10.2 Å². The molecule has 1 unspecified atom stereocenters. The first-order valence-corrected chi connectivity index (χ1v) is 10.6. The van der Waals surface area contributed by atoms with Crippen LogP contribution in [0.4, 0.5) is 0 Å². The van der Waals surface area contributed by atoms with Gasteiger partial charge in [-0.25, -0.2) is 4.98 Å². The zero-order valence-corrected chi connectivity index (χ0v) is 16.9. The Kier molecular flexibility index (Phi) is 4.50. The molecule has 3 aromatic rings. The van der Waals surface area contributed by atoms with Gasteiger partial charge in [-0.3, -0.25) is 4.79 Å². The van der Waals surface area contributed by atoms with E-state index < -0.39 is 0 Å². The van der Waals surface area contributed by atoms with Crippen molar-refractivity contribution in [2.24, 2.45) is 0 Å². The van der Waals surface area contributed by atoms with Gasteiger partial charge in [-0.1, -0.05) is 60.7 Å². The van der Waals surface area contributed by atoms with Gasteiger partial charge in [0.05, 0.1) is 11.5 Å². The van der Waals surface area contributed by atoms with Crippen LogP contribution >= 0.6 is 0 Å². The smallest absolute Gasteiger partial charge is 0.233 e. The Labute approximate surface area is 172 Å². The second-order valence-electron chi connectivity index (χ2n) is 8.45. The van der Waals surface area contributed by atoms with Gasteiger partial charge in [0.15, 0.2) is 0 Å². The van der Waals surface area contributed by atoms with Crippen LogP contribution in [0.15, 0.2) is 66.9 Å². The first-order chi connectivity index (χ1) is 14.2. The molecule has 1 atom stereocenters. The number of aryl methyl sites for hydroxylation is 1. The van der Waals surface area contributed by atoms with Gasteiger partial charge < -0.3 is 9.47 Å². The van der Waals surface area contributed by atoms with E-state index in [0.717, 1.165) is 55.9 Å². The van der Waals surface area contributed by atoms with Gasteiger partial charge in [0.25, 0.3) is 0 Å². The maximum Gasteiger partial charge on any atom is 0.233 e. The molecule has 0 N–H and O–H groups in total. The second kappa shape index (κ2) is 7.18. The van der Waals surface area contributed by atoms with Crippen molar-refractivity contribution in [1.29, 1.82) is 0 Å². The number of rotatable bonds is 4. The minimum Gasteiger partial charge on any atom is -0.340 e. The molecule has 2 heterocycles. The van der Waals surface area contributed by atoms with Gasteiger partial charge in [-0.05, 0) is 38.2 Å². The molecule has 2 fully saturated rings. The minimum absolute atomic E-state index is 0.275. The highest BCUT2D eigenvalue weighted by molar-refractivity contribution is 5.91. The summed E-state index contributed by atoms with van der Waals surface area (Å²) in [5, 5.41) is 0. The maximum atomic E-state index is 13.5. The number of carbonyl (C=O) groups excluding carboxylic acids is 1. The Morgan fingerprint density at radius 1 is 1.03 bits per heavy atom. The third-order valence-electron chi connectivity index (χ3n) is 6.55. The number of nitrogens with zero attached hydrogens (tertiary/aromatic N) is 3. The fraction of sp³-hybridized carbons (Fsp3) is 0.360. The molecule has 148 valence electrons. The van der Waals surface area contributed by atoms with Crippen molar-refractivity contribution in [2.45, 2.75) is 44.1 Å². The first-order valence-electron chi connectivity index (χ1n) is 10.6. The summed E-state index contributed by atoms with van der Waals surface area (Å²) >= 11 is 0. The number of hydrogen-bond acceptors (Lipinski definition) is 2. The third kappa shape index (κ3) is 3.17. The number of aromatic nitrogens is 2. The van der Waals surface area contributed by atoms with Crippen molar-refractivity contribution in [3.8, 4) is 11.4 Å². The van der Waals surface area contributed by atoms with Crippen molar-refractivity contribution >= 4 is 5.91 Å². The second-order valence-corrected chi connectivity index (χ2v) is 8.45. The van der Waals surface area contributed by atoms with Crippen LogP contribution < -0.4 is 0 Å². The summed E-state index contributed by atoms with van der Waals surface area (Å²) in [4.78, 5) is 20.4. The Balaban J connectivity index is 1.41. The molecule has 0 bridgehead atoms. The fourth-order valence-electron chi connectivity index (χ4n) is 4.87. The van der Waals surface area contributed by atoms with Crippen LogP contribution in [0.5, 0.6) is 0 Å². The lowest BCUT2D eigenvalue weighted by molar-refractivity contribution is -0.135. The molecule has 1 aromatic heterocycles. The van der Waals surface area contributed by atoms with Crippen molar-refractivity contribution in [2.75, 3.05) is 13.1 Å². The molecule has 4 heteroatoms. The summed E-state index contributed by atoms with van der Waals surface area (Å²) < 4.78 is 2.34. The number of carbonyl (C=O) groups is 1. The largest absolute Gasteiger partial charge is 0.340 e. The molecule has 1 saturated heterocycles. The van der Waals surface area contributed by atoms with Gasteiger partial charge in [0.2, 0.25) is 5.91 Å². The quantitative estimate of drug-likeness (QED) is 0.650. The lowest BCUT2D eigenvalue weighted by Gasteiger charge is -2.37. The summed E-state index contributed by atoms with van der Waals surface area (Å²) in [6, 6.07) is 21.0. The van der Waals surface area contributed by atoms with Crippen LogP contribution in [0.3, 0.4) is 0 Å². The predicted octanol–water partition coefficient (Wildman–Crippen LogP) is 4.75. The van der Waals surface area contributed by atoms with Crippen LogP contribution in [0.1, 0.15) is 43.0 Å². The van der Waals surface area contributed by atoms with E-state index in [1.807, 2.05) is 30.5 Å². The van der Waals surface area contributed by atoms with Gasteiger partial charge >= 0.3 is 0 Å². The van der Waals surface area contributed by atoms with Crippen molar-refractivity contribution in [3.05, 3.63) is 78.1 Å². The Bertz CT molecular complexity index is 1010. The van der Waals surface area contributed by atoms with E-state index >= 15 is 0 Å². The highest BCUT2D eigenvalue weighted by atomic mass is 16.2. The molecular formula is C25H27N3O. The molecule has 1 amide bonds. The summed E-state index contributed by atoms with van der Waals surface area (Å²) in [6.07, 6.45) is 6.01. The number of likely N-dealkylation sites (tertiary alicyclic amines) is 1. The maximum absolute atomic E-state index is 13.5. The van der Waals surface area contributed by atoms with Crippen LogP contribution in [0.2, 0.25) is 0 Å². The number of hydrogen-bond donors (Lipinski definition) is 0. The van der Waals surface area contributed by atoms with E-state index in [1.165, 1.54) is 5.56 Å². The number of piperidine rings is 1. The van der Waals surface area contributed by atoms with Crippen LogP contribution in [0, 0.1) is 6.92 Å². The van der Waals surface area contributed by atoms with E-state index in [9.17, 15) is 4.79 Å². The van der Waals surface area contributed by atoms with Crippen LogP contribution in [-0.4, -0.2) is 33.4 Å². The number of amides is 1. The molecule has 2 aromatic carbocycles. The minimum atomic E-state index is -0.282. The van der Waals surface area contributed by atoms with Crippen molar-refractivity contribution in [1.82, 2.24) is 14.5 Å². The van der Waals surface area contributed by atoms with E-state index in [2.05, 4.69) is 52.8 Å². The molecule has 1 aliphatic heterocycles. The molecule has 4 nitrogen and oxygen atoms in total. The van der Waals surface area contributed by atoms with Crippen molar-refractivity contribution in [3.63, 3.8) is 0 Å². The molecular weight excluding hydrogens is 358 g/mol. The van der Waals surface area contributed by atoms with Crippen molar-refractivity contribution < 1.29 is 4.79 Å².